The Morgan fingerprint density at radius 2 is 1.95 bits per heavy atom. The van der Waals surface area contributed by atoms with Gasteiger partial charge >= 0.3 is 0 Å². The molecule has 1 fully saturated rings. The molecule has 1 aromatic rings. The van der Waals surface area contributed by atoms with Crippen molar-refractivity contribution < 1.29 is 4.74 Å². The van der Waals surface area contributed by atoms with E-state index in [0.29, 0.717) is 0 Å². The van der Waals surface area contributed by atoms with Crippen molar-refractivity contribution in [1.29, 1.82) is 0 Å². The summed E-state index contributed by atoms with van der Waals surface area (Å²) < 4.78 is 5.16. The van der Waals surface area contributed by atoms with E-state index in [-0.39, 0.29) is 0 Å². The minimum absolute atomic E-state index is 0.841. The largest absolute Gasteiger partial charge is 0.497 e. The number of hydrogen-bond acceptors (Lipinski definition) is 2. The van der Waals surface area contributed by atoms with Crippen LogP contribution in [-0.4, -0.2) is 36.8 Å². The van der Waals surface area contributed by atoms with Crippen molar-refractivity contribution in [1.82, 2.24) is 10.2 Å². The molecule has 1 aliphatic heterocycles. The topological polar surface area (TPSA) is 24.5 Å². The first-order valence-electron chi connectivity index (χ1n) is 7.34. The van der Waals surface area contributed by atoms with Gasteiger partial charge in [-0.2, -0.15) is 0 Å². The summed E-state index contributed by atoms with van der Waals surface area (Å²) >= 11 is 5.46. The molecule has 110 valence electrons. The van der Waals surface area contributed by atoms with Crippen LogP contribution < -0.4 is 10.1 Å². The van der Waals surface area contributed by atoms with Crippen LogP contribution in [0.2, 0.25) is 0 Å². The fourth-order valence-electron chi connectivity index (χ4n) is 2.43. The molecule has 0 aromatic heterocycles. The van der Waals surface area contributed by atoms with Gasteiger partial charge in [0.25, 0.3) is 0 Å². The minimum Gasteiger partial charge on any atom is -0.497 e. The van der Waals surface area contributed by atoms with E-state index < -0.39 is 0 Å². The van der Waals surface area contributed by atoms with Gasteiger partial charge in [-0.1, -0.05) is 19.1 Å². The van der Waals surface area contributed by atoms with Gasteiger partial charge in [0.05, 0.1) is 7.11 Å². The number of hydrogen-bond donors (Lipinski definition) is 1. The lowest BCUT2D eigenvalue weighted by Crippen LogP contribution is -2.44. The SMILES string of the molecule is COc1ccc(CCNC(=S)N2CCC(C)CC2)cc1. The third-order valence-corrected chi connectivity index (χ3v) is 4.32. The second-order valence-corrected chi connectivity index (χ2v) is 5.89. The zero-order valence-corrected chi connectivity index (χ0v) is 13.2. The molecule has 2 rings (SSSR count). The third kappa shape index (κ3) is 4.37. The second-order valence-electron chi connectivity index (χ2n) is 5.50. The second kappa shape index (κ2) is 7.48. The molecule has 1 aromatic carbocycles. The molecule has 1 heterocycles. The van der Waals surface area contributed by atoms with Crippen LogP contribution in [0, 0.1) is 5.92 Å². The van der Waals surface area contributed by atoms with Crippen LogP contribution >= 0.6 is 12.2 Å². The molecule has 20 heavy (non-hydrogen) atoms. The molecule has 0 aliphatic carbocycles. The maximum absolute atomic E-state index is 5.46. The molecule has 1 N–H and O–H groups in total. The summed E-state index contributed by atoms with van der Waals surface area (Å²) in [6.07, 6.45) is 3.48. The zero-order chi connectivity index (χ0) is 14.4. The molecular weight excluding hydrogens is 268 g/mol. The van der Waals surface area contributed by atoms with Crippen molar-refractivity contribution in [2.75, 3.05) is 26.7 Å². The highest BCUT2D eigenvalue weighted by atomic mass is 32.1. The van der Waals surface area contributed by atoms with Crippen molar-refractivity contribution in [3.63, 3.8) is 0 Å². The highest BCUT2D eigenvalue weighted by molar-refractivity contribution is 7.80. The highest BCUT2D eigenvalue weighted by Crippen LogP contribution is 2.16. The van der Waals surface area contributed by atoms with E-state index in [1.807, 2.05) is 12.1 Å². The molecule has 0 atom stereocenters. The van der Waals surface area contributed by atoms with Crippen LogP contribution in [0.15, 0.2) is 24.3 Å². The van der Waals surface area contributed by atoms with Gasteiger partial charge in [0.1, 0.15) is 5.75 Å². The van der Waals surface area contributed by atoms with Gasteiger partial charge in [-0.05, 0) is 55.1 Å². The van der Waals surface area contributed by atoms with E-state index >= 15 is 0 Å². The summed E-state index contributed by atoms with van der Waals surface area (Å²) in [6.45, 7) is 5.39. The first kappa shape index (κ1) is 15.1. The van der Waals surface area contributed by atoms with Crippen LogP contribution in [0.4, 0.5) is 0 Å². The van der Waals surface area contributed by atoms with Crippen molar-refractivity contribution in [3.8, 4) is 5.75 Å². The van der Waals surface area contributed by atoms with Gasteiger partial charge in [0.2, 0.25) is 0 Å². The standard InChI is InChI=1S/C16H24N2OS/c1-13-8-11-18(12-9-13)16(20)17-10-7-14-3-5-15(19-2)6-4-14/h3-6,13H,7-12H2,1-2H3,(H,17,20). The first-order chi connectivity index (χ1) is 9.69. The van der Waals surface area contributed by atoms with E-state index in [1.165, 1.54) is 18.4 Å². The zero-order valence-electron chi connectivity index (χ0n) is 12.4. The molecule has 0 amide bonds. The fourth-order valence-corrected chi connectivity index (χ4v) is 2.71. The Hall–Kier alpha value is -1.29. The lowest BCUT2D eigenvalue weighted by molar-refractivity contribution is 0.278. The Labute approximate surface area is 127 Å². The predicted molar refractivity (Wildman–Crippen MR) is 87.3 cm³/mol. The number of ether oxygens (including phenoxy) is 1. The number of thiocarbonyl (C=S) groups is 1. The van der Waals surface area contributed by atoms with Crippen molar-refractivity contribution >= 4 is 17.3 Å². The van der Waals surface area contributed by atoms with Gasteiger partial charge in [-0.3, -0.25) is 0 Å². The van der Waals surface area contributed by atoms with Gasteiger partial charge < -0.3 is 15.0 Å². The first-order valence-corrected chi connectivity index (χ1v) is 7.75. The maximum atomic E-state index is 5.46. The molecule has 0 radical (unpaired) electrons. The predicted octanol–water partition coefficient (Wildman–Crippen LogP) is 2.84. The van der Waals surface area contributed by atoms with E-state index in [1.54, 1.807) is 7.11 Å². The number of nitrogens with zero attached hydrogens (tertiary/aromatic N) is 1. The smallest absolute Gasteiger partial charge is 0.168 e. The van der Waals surface area contributed by atoms with Gasteiger partial charge in [-0.25, -0.2) is 0 Å². The molecule has 0 bridgehead atoms. The summed E-state index contributed by atoms with van der Waals surface area (Å²) in [5, 5.41) is 4.28. The van der Waals surface area contributed by atoms with Crippen molar-refractivity contribution in [2.45, 2.75) is 26.2 Å². The Bertz CT molecular complexity index is 425. The van der Waals surface area contributed by atoms with E-state index in [9.17, 15) is 0 Å². The molecule has 4 heteroatoms. The van der Waals surface area contributed by atoms with Crippen LogP contribution in [0.1, 0.15) is 25.3 Å². The summed E-state index contributed by atoms with van der Waals surface area (Å²) in [5.41, 5.74) is 1.30. The van der Waals surface area contributed by atoms with Crippen molar-refractivity contribution in [2.24, 2.45) is 5.92 Å². The molecular formula is C16H24N2OS. The Kier molecular flexibility index (Phi) is 5.65. The highest BCUT2D eigenvalue weighted by Gasteiger charge is 2.17. The lowest BCUT2D eigenvalue weighted by atomic mass is 10.00. The quantitative estimate of drug-likeness (QED) is 0.863. The summed E-state index contributed by atoms with van der Waals surface area (Å²) in [7, 11) is 1.69. The number of likely N-dealkylation sites (tertiary alicyclic amines) is 1. The monoisotopic (exact) mass is 292 g/mol. The average Bonchev–Trinajstić information content (AvgIpc) is 2.48. The minimum atomic E-state index is 0.841. The van der Waals surface area contributed by atoms with Crippen LogP contribution in [-0.2, 0) is 6.42 Å². The average molecular weight is 292 g/mol. The molecule has 0 unspecified atom stereocenters. The number of piperidine rings is 1. The Morgan fingerprint density at radius 3 is 2.55 bits per heavy atom. The number of benzene rings is 1. The maximum Gasteiger partial charge on any atom is 0.168 e. The summed E-state index contributed by atoms with van der Waals surface area (Å²) in [5.74, 6) is 1.74. The molecule has 1 saturated heterocycles. The van der Waals surface area contributed by atoms with E-state index in [2.05, 4.69) is 29.3 Å². The Morgan fingerprint density at radius 1 is 1.30 bits per heavy atom. The lowest BCUT2D eigenvalue weighted by Gasteiger charge is -2.32. The van der Waals surface area contributed by atoms with E-state index in [0.717, 1.165) is 42.8 Å². The van der Waals surface area contributed by atoms with Crippen LogP contribution in [0.3, 0.4) is 0 Å². The number of rotatable bonds is 4. The molecule has 0 spiro atoms. The molecule has 0 saturated carbocycles. The van der Waals surface area contributed by atoms with Crippen LogP contribution in [0.5, 0.6) is 5.75 Å². The van der Waals surface area contributed by atoms with Crippen molar-refractivity contribution in [3.05, 3.63) is 29.8 Å². The van der Waals surface area contributed by atoms with E-state index in [4.69, 9.17) is 17.0 Å². The summed E-state index contributed by atoms with van der Waals surface area (Å²) in [4.78, 5) is 2.29. The normalized spacial score (nSPS) is 16.0. The van der Waals surface area contributed by atoms with Gasteiger partial charge in [0, 0.05) is 19.6 Å². The van der Waals surface area contributed by atoms with Gasteiger partial charge in [-0.15, -0.1) is 0 Å². The number of nitrogens with one attached hydrogen (secondary N) is 1. The fraction of sp³-hybridized carbons (Fsp3) is 0.562. The van der Waals surface area contributed by atoms with Crippen LogP contribution in [0.25, 0.3) is 0 Å². The third-order valence-electron chi connectivity index (χ3n) is 3.92. The summed E-state index contributed by atoms with van der Waals surface area (Å²) in [6, 6.07) is 8.21. The molecule has 3 nitrogen and oxygen atoms in total. The Balaban J connectivity index is 1.70. The number of methoxy groups -OCH3 is 1. The molecule has 1 aliphatic rings. The van der Waals surface area contributed by atoms with Gasteiger partial charge in [0.15, 0.2) is 5.11 Å².